The number of fused-ring (bicyclic) bond motifs is 4. The van der Waals surface area contributed by atoms with E-state index in [0.717, 1.165) is 32.3 Å². The van der Waals surface area contributed by atoms with Crippen LogP contribution in [-0.4, -0.2) is 44.5 Å². The number of hydrogen-bond donors (Lipinski definition) is 1. The summed E-state index contributed by atoms with van der Waals surface area (Å²) in [4.78, 5) is 16.0. The molecule has 0 saturated carbocycles. The molecule has 6 heterocycles. The van der Waals surface area contributed by atoms with Gasteiger partial charge in [-0.05, 0) is 44.7 Å². The number of aromatic nitrogens is 4. The molecule has 0 radical (unpaired) electrons. The standard InChI is InChI=1S/C22H23FN6S.ClH/c1-12-10-29-11-13(5-17(23)21(29)25-12)18-8-20-19(9-24-18)27-22(30-20)28(2)16-6-14-3-4-15(7-16)26-14;/h5,8-11,14-16,26H,3-4,6-7H2,1-2H3;1H/t14-,15+,16?;. The third kappa shape index (κ3) is 3.56. The fourth-order valence-electron chi connectivity index (χ4n) is 4.95. The highest BCUT2D eigenvalue weighted by atomic mass is 35.5. The molecule has 0 aliphatic carbocycles. The SMILES string of the molecule is Cc1cn2cc(-c3cc4sc(N(C)C5C[C@H]6CC[C@@H](C5)N6)nc4cn3)cc(F)c2n1.Cl. The molecule has 31 heavy (non-hydrogen) atoms. The number of aryl methyl sites for hydroxylation is 1. The molecule has 2 fully saturated rings. The van der Waals surface area contributed by atoms with Crippen molar-refractivity contribution in [1.29, 1.82) is 0 Å². The Morgan fingerprint density at radius 2 is 1.94 bits per heavy atom. The van der Waals surface area contributed by atoms with Crippen LogP contribution in [0.4, 0.5) is 9.52 Å². The Balaban J connectivity index is 0.00000204. The third-order valence-electron chi connectivity index (χ3n) is 6.48. The first-order valence-corrected chi connectivity index (χ1v) is 11.3. The molecule has 0 aromatic carbocycles. The van der Waals surface area contributed by atoms with Gasteiger partial charge in [0.05, 0.1) is 22.3 Å². The first kappa shape index (κ1) is 20.6. The number of pyridine rings is 2. The van der Waals surface area contributed by atoms with Crippen molar-refractivity contribution in [2.45, 2.75) is 50.7 Å². The molecule has 4 aromatic heterocycles. The Morgan fingerprint density at radius 3 is 2.71 bits per heavy atom. The van der Waals surface area contributed by atoms with E-state index in [-0.39, 0.29) is 18.2 Å². The minimum Gasteiger partial charge on any atom is -0.348 e. The van der Waals surface area contributed by atoms with Crippen LogP contribution in [0.1, 0.15) is 31.4 Å². The topological polar surface area (TPSA) is 58.4 Å². The highest BCUT2D eigenvalue weighted by Crippen LogP contribution is 2.36. The van der Waals surface area contributed by atoms with Crippen LogP contribution in [0.25, 0.3) is 27.1 Å². The molecule has 0 spiro atoms. The molecule has 3 atom stereocenters. The first-order valence-electron chi connectivity index (χ1n) is 10.4. The summed E-state index contributed by atoms with van der Waals surface area (Å²) >= 11 is 1.68. The van der Waals surface area contributed by atoms with Crippen molar-refractivity contribution in [3.05, 3.63) is 42.2 Å². The molecule has 2 saturated heterocycles. The zero-order chi connectivity index (χ0) is 20.4. The molecule has 1 unspecified atom stereocenters. The van der Waals surface area contributed by atoms with Gasteiger partial charge in [-0.2, -0.15) is 0 Å². The normalized spacial score (nSPS) is 22.7. The molecule has 2 aliphatic rings. The Morgan fingerprint density at radius 1 is 1.16 bits per heavy atom. The fraction of sp³-hybridized carbons (Fsp3) is 0.409. The average Bonchev–Trinajstić information content (AvgIpc) is 3.42. The van der Waals surface area contributed by atoms with Crippen LogP contribution in [0.5, 0.6) is 0 Å². The summed E-state index contributed by atoms with van der Waals surface area (Å²) in [5, 5.41) is 4.74. The largest absolute Gasteiger partial charge is 0.348 e. The summed E-state index contributed by atoms with van der Waals surface area (Å²) in [5.41, 5.74) is 3.50. The predicted octanol–water partition coefficient (Wildman–Crippen LogP) is 4.59. The monoisotopic (exact) mass is 458 g/mol. The Kier molecular flexibility index (Phi) is 5.11. The molecule has 4 aromatic rings. The number of rotatable bonds is 3. The van der Waals surface area contributed by atoms with Crippen LogP contribution in [-0.2, 0) is 0 Å². The van der Waals surface area contributed by atoms with E-state index < -0.39 is 0 Å². The number of thiazole rings is 1. The summed E-state index contributed by atoms with van der Waals surface area (Å²) < 4.78 is 17.3. The molecule has 6 rings (SSSR count). The lowest BCUT2D eigenvalue weighted by atomic mass is 9.99. The van der Waals surface area contributed by atoms with Gasteiger partial charge in [0.25, 0.3) is 0 Å². The lowest BCUT2D eigenvalue weighted by Crippen LogP contribution is -2.47. The maximum absolute atomic E-state index is 14.5. The van der Waals surface area contributed by atoms with E-state index in [2.05, 4.69) is 27.2 Å². The number of nitrogens with zero attached hydrogens (tertiary/aromatic N) is 5. The molecule has 6 nitrogen and oxygen atoms in total. The van der Waals surface area contributed by atoms with Crippen molar-refractivity contribution in [1.82, 2.24) is 24.7 Å². The van der Waals surface area contributed by atoms with Crippen LogP contribution in [0.3, 0.4) is 0 Å². The van der Waals surface area contributed by atoms with Crippen LogP contribution in [0.2, 0.25) is 0 Å². The lowest BCUT2D eigenvalue weighted by Gasteiger charge is -2.35. The van der Waals surface area contributed by atoms with Gasteiger partial charge in [0.15, 0.2) is 16.6 Å². The average molecular weight is 459 g/mol. The minimum absolute atomic E-state index is 0. The van der Waals surface area contributed by atoms with Crippen molar-refractivity contribution < 1.29 is 4.39 Å². The van der Waals surface area contributed by atoms with Gasteiger partial charge in [-0.3, -0.25) is 4.98 Å². The van der Waals surface area contributed by atoms with Crippen molar-refractivity contribution in [3.8, 4) is 11.3 Å². The minimum atomic E-state index is -0.340. The van der Waals surface area contributed by atoms with E-state index in [4.69, 9.17) is 4.98 Å². The molecular formula is C22H24ClFN6S. The Bertz CT molecular complexity index is 1260. The van der Waals surface area contributed by atoms with Gasteiger partial charge in [-0.15, -0.1) is 12.4 Å². The van der Waals surface area contributed by atoms with Gasteiger partial charge in [0.1, 0.15) is 5.52 Å². The summed E-state index contributed by atoms with van der Waals surface area (Å²) in [7, 11) is 2.16. The summed E-state index contributed by atoms with van der Waals surface area (Å²) in [5.74, 6) is -0.340. The third-order valence-corrected chi connectivity index (χ3v) is 7.59. The van der Waals surface area contributed by atoms with E-state index in [1.165, 1.54) is 31.7 Å². The summed E-state index contributed by atoms with van der Waals surface area (Å²) in [6.07, 6.45) is 10.4. The highest BCUT2D eigenvalue weighted by Gasteiger charge is 2.35. The maximum Gasteiger partial charge on any atom is 0.186 e. The fourth-order valence-corrected chi connectivity index (χ4v) is 5.95. The highest BCUT2D eigenvalue weighted by molar-refractivity contribution is 7.22. The quantitative estimate of drug-likeness (QED) is 0.486. The molecule has 2 aliphatic heterocycles. The number of nitrogens with one attached hydrogen (secondary N) is 1. The Labute approximate surface area is 189 Å². The van der Waals surface area contributed by atoms with Crippen LogP contribution in [0, 0.1) is 12.7 Å². The number of anilines is 1. The number of piperidine rings is 1. The Hall–Kier alpha value is -2.29. The first-order chi connectivity index (χ1) is 14.5. The molecule has 162 valence electrons. The molecule has 9 heteroatoms. The van der Waals surface area contributed by atoms with Crippen LogP contribution < -0.4 is 10.2 Å². The van der Waals surface area contributed by atoms with E-state index >= 15 is 0 Å². The van der Waals surface area contributed by atoms with Crippen molar-refractivity contribution in [3.63, 3.8) is 0 Å². The molecule has 1 N–H and O–H groups in total. The van der Waals surface area contributed by atoms with Gasteiger partial charge in [0, 0.05) is 43.1 Å². The number of halogens is 2. The van der Waals surface area contributed by atoms with Crippen molar-refractivity contribution in [2.75, 3.05) is 11.9 Å². The maximum atomic E-state index is 14.5. The number of imidazole rings is 1. The summed E-state index contributed by atoms with van der Waals surface area (Å²) in [6, 6.07) is 5.35. The van der Waals surface area contributed by atoms with Crippen LogP contribution in [0.15, 0.2) is 30.7 Å². The van der Waals surface area contributed by atoms with E-state index in [9.17, 15) is 4.39 Å². The summed E-state index contributed by atoms with van der Waals surface area (Å²) in [6.45, 7) is 1.86. The molecule has 2 bridgehead atoms. The zero-order valence-corrected chi connectivity index (χ0v) is 19.0. The van der Waals surface area contributed by atoms with Crippen LogP contribution >= 0.6 is 23.7 Å². The molecular weight excluding hydrogens is 435 g/mol. The van der Waals surface area contributed by atoms with Gasteiger partial charge in [-0.1, -0.05) is 11.3 Å². The smallest absolute Gasteiger partial charge is 0.186 e. The number of hydrogen-bond acceptors (Lipinski definition) is 6. The second-order valence-corrected chi connectivity index (χ2v) is 9.61. The second-order valence-electron chi connectivity index (χ2n) is 8.60. The van der Waals surface area contributed by atoms with Gasteiger partial charge >= 0.3 is 0 Å². The van der Waals surface area contributed by atoms with E-state index in [1.807, 2.05) is 25.4 Å². The zero-order valence-electron chi connectivity index (χ0n) is 17.4. The second kappa shape index (κ2) is 7.69. The van der Waals surface area contributed by atoms with E-state index in [0.29, 0.717) is 23.8 Å². The van der Waals surface area contributed by atoms with Gasteiger partial charge < -0.3 is 14.6 Å². The van der Waals surface area contributed by atoms with Crippen molar-refractivity contribution >= 4 is 44.7 Å². The van der Waals surface area contributed by atoms with E-state index in [1.54, 1.807) is 21.9 Å². The van der Waals surface area contributed by atoms with Gasteiger partial charge in [-0.25, -0.2) is 14.4 Å². The lowest BCUT2D eigenvalue weighted by molar-refractivity contribution is 0.354. The predicted molar refractivity (Wildman–Crippen MR) is 125 cm³/mol. The molecule has 0 amide bonds. The van der Waals surface area contributed by atoms with Gasteiger partial charge in [0.2, 0.25) is 0 Å². The van der Waals surface area contributed by atoms with Crippen molar-refractivity contribution in [2.24, 2.45) is 0 Å².